The average Bonchev–Trinajstić information content (AvgIpc) is 2.54. The Morgan fingerprint density at radius 2 is 2.53 bits per heavy atom. The highest BCUT2D eigenvalue weighted by Gasteiger charge is 2.05. The maximum Gasteiger partial charge on any atom is 0.222 e. The molecule has 1 rings (SSSR count). The van der Waals surface area contributed by atoms with Crippen LogP contribution in [-0.4, -0.2) is 22.2 Å². The summed E-state index contributed by atoms with van der Waals surface area (Å²) in [5, 5.41) is 6.91. The Kier molecular flexibility index (Phi) is 4.80. The van der Waals surface area contributed by atoms with Gasteiger partial charge in [0.2, 0.25) is 5.91 Å². The molecule has 0 fully saturated rings. The summed E-state index contributed by atoms with van der Waals surface area (Å²) in [5.74, 6) is 0.0276. The van der Waals surface area contributed by atoms with E-state index in [0.717, 1.165) is 9.26 Å². The summed E-state index contributed by atoms with van der Waals surface area (Å²) in [5.41, 5.74) is 1.10. The number of nitrogens with zero attached hydrogens (tertiary/aromatic N) is 2. The van der Waals surface area contributed by atoms with Crippen LogP contribution in [-0.2, 0) is 11.3 Å². The number of carbonyl (C=O) groups is 1. The lowest BCUT2D eigenvalue weighted by Crippen LogP contribution is -2.24. The van der Waals surface area contributed by atoms with Crippen LogP contribution in [0.25, 0.3) is 0 Å². The highest BCUT2D eigenvalue weighted by molar-refractivity contribution is 14.1. The van der Waals surface area contributed by atoms with Crippen molar-refractivity contribution >= 4 is 28.5 Å². The molecule has 0 spiro atoms. The van der Waals surface area contributed by atoms with Crippen molar-refractivity contribution in [2.45, 2.75) is 19.9 Å². The van der Waals surface area contributed by atoms with Crippen LogP contribution in [0.15, 0.2) is 18.9 Å². The Morgan fingerprint density at radius 3 is 3.07 bits per heavy atom. The van der Waals surface area contributed by atoms with Crippen molar-refractivity contribution in [3.8, 4) is 0 Å². The highest BCUT2D eigenvalue weighted by Crippen LogP contribution is 2.09. The average molecular weight is 319 g/mol. The van der Waals surface area contributed by atoms with Crippen molar-refractivity contribution in [3.05, 3.63) is 28.1 Å². The molecule has 0 aromatic carbocycles. The topological polar surface area (TPSA) is 46.9 Å². The third-order valence-corrected chi connectivity index (χ3v) is 3.10. The molecule has 1 heterocycles. The van der Waals surface area contributed by atoms with Crippen LogP contribution in [0, 0.1) is 10.5 Å². The summed E-state index contributed by atoms with van der Waals surface area (Å²) < 4.78 is 2.97. The zero-order valence-corrected chi connectivity index (χ0v) is 10.8. The Balaban J connectivity index is 2.40. The van der Waals surface area contributed by atoms with Gasteiger partial charge in [-0.25, -0.2) is 0 Å². The molecule has 0 aliphatic carbocycles. The number of carbonyl (C=O) groups excluding carboxylic acids is 1. The van der Waals surface area contributed by atoms with Crippen LogP contribution >= 0.6 is 22.6 Å². The van der Waals surface area contributed by atoms with Gasteiger partial charge >= 0.3 is 0 Å². The van der Waals surface area contributed by atoms with Crippen molar-refractivity contribution in [2.24, 2.45) is 0 Å². The van der Waals surface area contributed by atoms with Crippen molar-refractivity contribution in [2.75, 3.05) is 6.54 Å². The van der Waals surface area contributed by atoms with Gasteiger partial charge in [-0.2, -0.15) is 5.10 Å². The van der Waals surface area contributed by atoms with Crippen LogP contribution < -0.4 is 5.32 Å². The molecule has 1 aromatic rings. The zero-order valence-electron chi connectivity index (χ0n) is 8.66. The first-order chi connectivity index (χ1) is 7.15. The molecular formula is C10H14IN3O. The van der Waals surface area contributed by atoms with Crippen LogP contribution in [0.2, 0.25) is 0 Å². The number of rotatable bonds is 5. The van der Waals surface area contributed by atoms with Crippen LogP contribution in [0.1, 0.15) is 12.1 Å². The van der Waals surface area contributed by atoms with Gasteiger partial charge in [0.1, 0.15) is 0 Å². The van der Waals surface area contributed by atoms with Gasteiger partial charge in [0, 0.05) is 25.2 Å². The summed E-state index contributed by atoms with van der Waals surface area (Å²) in [6.07, 6.45) is 3.92. The van der Waals surface area contributed by atoms with Crippen molar-refractivity contribution in [1.82, 2.24) is 15.1 Å². The molecule has 0 saturated carbocycles. The second kappa shape index (κ2) is 5.89. The first-order valence-electron chi connectivity index (χ1n) is 4.70. The number of hydrogen-bond acceptors (Lipinski definition) is 2. The molecule has 1 amide bonds. The van der Waals surface area contributed by atoms with Gasteiger partial charge in [0.25, 0.3) is 0 Å². The van der Waals surface area contributed by atoms with E-state index in [1.54, 1.807) is 12.3 Å². The molecule has 0 radical (unpaired) electrons. The number of nitrogens with one attached hydrogen (secondary N) is 1. The fourth-order valence-corrected chi connectivity index (χ4v) is 1.53. The number of halogens is 1. The Labute approximate surface area is 103 Å². The van der Waals surface area contributed by atoms with Gasteiger partial charge in [-0.15, -0.1) is 6.58 Å². The summed E-state index contributed by atoms with van der Waals surface area (Å²) in [6, 6.07) is 0. The first-order valence-corrected chi connectivity index (χ1v) is 5.78. The predicted molar refractivity (Wildman–Crippen MR) is 67.5 cm³/mol. The molecule has 0 aliphatic rings. The fourth-order valence-electron chi connectivity index (χ4n) is 1.13. The summed E-state index contributed by atoms with van der Waals surface area (Å²) in [6.45, 7) is 6.68. The van der Waals surface area contributed by atoms with Gasteiger partial charge in [-0.05, 0) is 29.5 Å². The first kappa shape index (κ1) is 12.2. The monoisotopic (exact) mass is 319 g/mol. The Hall–Kier alpha value is -0.850. The van der Waals surface area contributed by atoms with Crippen LogP contribution in [0.4, 0.5) is 0 Å². The number of aryl methyl sites for hydroxylation is 1. The predicted octanol–water partition coefficient (Wildman–Crippen LogP) is 1.49. The molecule has 1 aromatic heterocycles. The maximum atomic E-state index is 11.3. The maximum absolute atomic E-state index is 11.3. The van der Waals surface area contributed by atoms with Crippen molar-refractivity contribution in [3.63, 3.8) is 0 Å². The van der Waals surface area contributed by atoms with Crippen LogP contribution in [0.5, 0.6) is 0 Å². The van der Waals surface area contributed by atoms with E-state index >= 15 is 0 Å². The molecule has 15 heavy (non-hydrogen) atoms. The standard InChI is InChI=1S/C10H14IN3O/c1-3-5-12-10(15)4-6-14-8(2)9(11)7-13-14/h3,7H,1,4-6H2,2H3,(H,12,15). The minimum Gasteiger partial charge on any atom is -0.353 e. The third kappa shape index (κ3) is 3.65. The fraction of sp³-hybridized carbons (Fsp3) is 0.400. The highest BCUT2D eigenvalue weighted by atomic mass is 127. The van der Waals surface area contributed by atoms with Crippen LogP contribution in [0.3, 0.4) is 0 Å². The van der Waals surface area contributed by atoms with E-state index in [4.69, 9.17) is 0 Å². The van der Waals surface area contributed by atoms with E-state index in [9.17, 15) is 4.79 Å². The molecule has 1 N–H and O–H groups in total. The van der Waals surface area contributed by atoms with Crippen molar-refractivity contribution in [1.29, 1.82) is 0 Å². The molecule has 0 bridgehead atoms. The normalized spacial score (nSPS) is 10.0. The smallest absolute Gasteiger partial charge is 0.222 e. The molecular weight excluding hydrogens is 305 g/mol. The Morgan fingerprint density at radius 1 is 1.80 bits per heavy atom. The molecule has 0 aliphatic heterocycles. The molecule has 4 nitrogen and oxygen atoms in total. The molecule has 0 saturated heterocycles. The molecule has 0 unspecified atom stereocenters. The minimum atomic E-state index is 0.0276. The van der Waals surface area contributed by atoms with Crippen molar-refractivity contribution < 1.29 is 4.79 Å². The zero-order chi connectivity index (χ0) is 11.3. The molecule has 0 atom stereocenters. The summed E-state index contributed by atoms with van der Waals surface area (Å²) in [7, 11) is 0. The van der Waals surface area contributed by atoms with E-state index in [1.807, 2.05) is 11.6 Å². The summed E-state index contributed by atoms with van der Waals surface area (Å²) in [4.78, 5) is 11.3. The number of aromatic nitrogens is 2. The van der Waals surface area contributed by atoms with Gasteiger partial charge in [0.15, 0.2) is 0 Å². The lowest BCUT2D eigenvalue weighted by Gasteiger charge is -2.04. The lowest BCUT2D eigenvalue weighted by atomic mass is 10.4. The Bertz CT molecular complexity index is 360. The molecule has 5 heteroatoms. The second-order valence-corrected chi connectivity index (χ2v) is 4.31. The second-order valence-electron chi connectivity index (χ2n) is 3.14. The lowest BCUT2D eigenvalue weighted by molar-refractivity contribution is -0.121. The summed E-state index contributed by atoms with van der Waals surface area (Å²) >= 11 is 2.23. The SMILES string of the molecule is C=CCNC(=O)CCn1ncc(I)c1C. The molecule has 82 valence electrons. The van der Waals surface area contributed by atoms with E-state index in [-0.39, 0.29) is 5.91 Å². The van der Waals surface area contributed by atoms with Gasteiger partial charge in [-0.1, -0.05) is 6.08 Å². The largest absolute Gasteiger partial charge is 0.353 e. The minimum absolute atomic E-state index is 0.0276. The third-order valence-electron chi connectivity index (χ3n) is 2.04. The number of hydrogen-bond donors (Lipinski definition) is 1. The van der Waals surface area contributed by atoms with Gasteiger partial charge in [0.05, 0.1) is 9.77 Å². The van der Waals surface area contributed by atoms with E-state index in [0.29, 0.717) is 19.5 Å². The number of amides is 1. The van der Waals surface area contributed by atoms with E-state index in [2.05, 4.69) is 39.6 Å². The van der Waals surface area contributed by atoms with Gasteiger partial charge < -0.3 is 5.32 Å². The van der Waals surface area contributed by atoms with Gasteiger partial charge in [-0.3, -0.25) is 9.48 Å². The quantitative estimate of drug-likeness (QED) is 0.660. The van der Waals surface area contributed by atoms with E-state index in [1.165, 1.54) is 0 Å². The van der Waals surface area contributed by atoms with E-state index < -0.39 is 0 Å².